The van der Waals surface area contributed by atoms with Crippen LogP contribution in [0.4, 0.5) is 17.1 Å². The second-order valence-electron chi connectivity index (χ2n) is 7.10. The van der Waals surface area contributed by atoms with Gasteiger partial charge in [0, 0.05) is 34.7 Å². The molecule has 0 unspecified atom stereocenters. The number of carbonyl (C=O) groups excluding carboxylic acids is 1. The van der Waals surface area contributed by atoms with Crippen LogP contribution >= 0.6 is 22.6 Å². The van der Waals surface area contributed by atoms with Crippen LogP contribution in [-0.2, 0) is 0 Å². The van der Waals surface area contributed by atoms with Crippen LogP contribution in [0, 0.1) is 3.57 Å². The normalized spacial score (nSPS) is 15.5. The Hall–Kier alpha value is -2.74. The number of fused-ring (bicyclic) bond motifs is 1. The highest BCUT2D eigenvalue weighted by Crippen LogP contribution is 2.38. The number of rotatable bonds is 4. The molecule has 1 N–H and O–H groups in total. The lowest BCUT2D eigenvalue weighted by Gasteiger charge is -2.38. The summed E-state index contributed by atoms with van der Waals surface area (Å²) in [6.45, 7) is 0. The van der Waals surface area contributed by atoms with Crippen LogP contribution < -0.4 is 19.9 Å². The van der Waals surface area contributed by atoms with Crippen molar-refractivity contribution in [1.82, 2.24) is 0 Å². The molecule has 0 fully saturated rings. The number of halogens is 1. The maximum absolute atomic E-state index is 13.5. The van der Waals surface area contributed by atoms with Gasteiger partial charge in [0.2, 0.25) is 0 Å². The molecule has 1 aliphatic rings. The largest absolute Gasteiger partial charge is 0.497 e. The Balaban J connectivity index is 1.81. The minimum absolute atomic E-state index is 0.0240. The smallest absolute Gasteiger partial charge is 0.262 e. The third-order valence-electron chi connectivity index (χ3n) is 5.06. The number of carbonyl (C=O) groups is 1. The first-order valence-corrected chi connectivity index (χ1v) is 10.4. The van der Waals surface area contributed by atoms with Crippen molar-refractivity contribution in [2.24, 2.45) is 0 Å². The highest BCUT2D eigenvalue weighted by Gasteiger charge is 2.34. The molecule has 0 saturated carbocycles. The third-order valence-corrected chi connectivity index (χ3v) is 5.73. The van der Waals surface area contributed by atoms with Gasteiger partial charge in [-0.05, 0) is 82.8 Å². The fraction of sp³-hybridized carbons (Fsp3) is 0.174. The van der Waals surface area contributed by atoms with Crippen LogP contribution in [0.25, 0.3) is 0 Å². The Labute approximate surface area is 184 Å². The molecule has 148 valence electrons. The maximum atomic E-state index is 13.5. The Morgan fingerprint density at radius 1 is 1.00 bits per heavy atom. The number of nitrogens with one attached hydrogen (secondary N) is 1. The first kappa shape index (κ1) is 19.6. The summed E-state index contributed by atoms with van der Waals surface area (Å²) in [6.07, 6.45) is -0.306. The lowest BCUT2D eigenvalue weighted by molar-refractivity contribution is 0.0975. The van der Waals surface area contributed by atoms with Gasteiger partial charge >= 0.3 is 0 Å². The Morgan fingerprint density at radius 3 is 2.31 bits per heavy atom. The Morgan fingerprint density at radius 2 is 1.69 bits per heavy atom. The van der Waals surface area contributed by atoms with Gasteiger partial charge in [-0.25, -0.2) is 0 Å². The zero-order chi connectivity index (χ0) is 20.5. The minimum Gasteiger partial charge on any atom is -0.497 e. The van der Waals surface area contributed by atoms with Crippen molar-refractivity contribution in [1.29, 1.82) is 0 Å². The standard InChI is InChI=1S/C23H22IN3O2/c1-26(2)17-7-4-15(5-8-17)22-25-21-13-6-16(24)14-20(21)23(28)27(22)18-9-11-19(29-3)12-10-18/h4-14,22,25H,1-3H3/t22-/m1/s1. The average Bonchev–Trinajstić information content (AvgIpc) is 2.74. The number of nitrogens with zero attached hydrogens (tertiary/aromatic N) is 2. The zero-order valence-electron chi connectivity index (χ0n) is 16.5. The summed E-state index contributed by atoms with van der Waals surface area (Å²) in [7, 11) is 5.66. The van der Waals surface area contributed by atoms with Gasteiger partial charge < -0.3 is 15.0 Å². The number of benzene rings is 3. The highest BCUT2D eigenvalue weighted by atomic mass is 127. The van der Waals surface area contributed by atoms with Gasteiger partial charge in [-0.15, -0.1) is 0 Å². The molecule has 1 amide bonds. The van der Waals surface area contributed by atoms with E-state index in [2.05, 4.69) is 57.1 Å². The lowest BCUT2D eigenvalue weighted by atomic mass is 10.0. The van der Waals surface area contributed by atoms with Crippen molar-refractivity contribution in [3.05, 3.63) is 81.4 Å². The molecule has 4 rings (SSSR count). The molecule has 6 heteroatoms. The van der Waals surface area contributed by atoms with Crippen LogP contribution in [0.15, 0.2) is 66.7 Å². The van der Waals surface area contributed by atoms with E-state index in [9.17, 15) is 4.79 Å². The minimum atomic E-state index is -0.306. The number of anilines is 3. The SMILES string of the molecule is COc1ccc(N2C(=O)c3cc(I)ccc3N[C@H]2c2ccc(N(C)C)cc2)cc1. The number of hydrogen-bond acceptors (Lipinski definition) is 4. The van der Waals surface area contributed by atoms with Crippen LogP contribution in [0.2, 0.25) is 0 Å². The van der Waals surface area contributed by atoms with Crippen molar-refractivity contribution >= 4 is 45.6 Å². The van der Waals surface area contributed by atoms with Crippen molar-refractivity contribution in [3.63, 3.8) is 0 Å². The van der Waals surface area contributed by atoms with E-state index in [0.717, 1.165) is 31.9 Å². The molecule has 1 atom stereocenters. The van der Waals surface area contributed by atoms with E-state index in [1.54, 1.807) is 7.11 Å². The predicted octanol–water partition coefficient (Wildman–Crippen LogP) is 5.14. The van der Waals surface area contributed by atoms with Gasteiger partial charge in [-0.3, -0.25) is 9.69 Å². The van der Waals surface area contributed by atoms with Gasteiger partial charge in [-0.1, -0.05) is 12.1 Å². The Kier molecular flexibility index (Phi) is 5.36. The molecule has 0 saturated heterocycles. The second kappa shape index (κ2) is 7.94. The first-order valence-electron chi connectivity index (χ1n) is 9.29. The molecule has 3 aromatic carbocycles. The molecule has 1 heterocycles. The van der Waals surface area contributed by atoms with Gasteiger partial charge in [-0.2, -0.15) is 0 Å². The molecular formula is C23H22IN3O2. The summed E-state index contributed by atoms with van der Waals surface area (Å²) in [6, 6.07) is 21.7. The van der Waals surface area contributed by atoms with Crippen molar-refractivity contribution in [2.45, 2.75) is 6.17 Å². The first-order chi connectivity index (χ1) is 14.0. The predicted molar refractivity (Wildman–Crippen MR) is 126 cm³/mol. The van der Waals surface area contributed by atoms with Crippen LogP contribution in [-0.4, -0.2) is 27.1 Å². The monoisotopic (exact) mass is 499 g/mol. The number of hydrogen-bond donors (Lipinski definition) is 1. The van der Waals surface area contributed by atoms with E-state index in [4.69, 9.17) is 4.74 Å². The van der Waals surface area contributed by atoms with Crippen LogP contribution in [0.5, 0.6) is 5.75 Å². The molecular weight excluding hydrogens is 477 g/mol. The maximum Gasteiger partial charge on any atom is 0.262 e. The summed E-state index contributed by atoms with van der Waals surface area (Å²) in [5, 5.41) is 3.55. The lowest BCUT2D eigenvalue weighted by Crippen LogP contribution is -2.43. The third kappa shape index (κ3) is 3.76. The number of methoxy groups -OCH3 is 1. The average molecular weight is 499 g/mol. The summed E-state index contributed by atoms with van der Waals surface area (Å²) >= 11 is 2.23. The van der Waals surface area contributed by atoms with E-state index in [0.29, 0.717) is 5.56 Å². The molecule has 3 aromatic rings. The van der Waals surface area contributed by atoms with Gasteiger partial charge in [0.25, 0.3) is 5.91 Å². The summed E-state index contributed by atoms with van der Waals surface area (Å²) < 4.78 is 6.31. The molecule has 0 aliphatic carbocycles. The molecule has 0 radical (unpaired) electrons. The van der Waals surface area contributed by atoms with Crippen LogP contribution in [0.1, 0.15) is 22.1 Å². The molecule has 1 aliphatic heterocycles. The fourth-order valence-electron chi connectivity index (χ4n) is 3.47. The van der Waals surface area contributed by atoms with E-state index in [1.165, 1.54) is 0 Å². The Bertz CT molecular complexity index is 1030. The molecule has 0 aromatic heterocycles. The zero-order valence-corrected chi connectivity index (χ0v) is 18.7. The van der Waals surface area contributed by atoms with Gasteiger partial charge in [0.1, 0.15) is 11.9 Å². The topological polar surface area (TPSA) is 44.8 Å². The van der Waals surface area contributed by atoms with Crippen molar-refractivity contribution < 1.29 is 9.53 Å². The van der Waals surface area contributed by atoms with Gasteiger partial charge in [0.05, 0.1) is 12.7 Å². The summed E-state index contributed by atoms with van der Waals surface area (Å²) in [5.41, 5.74) is 4.47. The molecule has 0 spiro atoms. The van der Waals surface area contributed by atoms with E-state index < -0.39 is 0 Å². The van der Waals surface area contributed by atoms with Gasteiger partial charge in [0.15, 0.2) is 0 Å². The summed E-state index contributed by atoms with van der Waals surface area (Å²) in [5.74, 6) is 0.733. The molecule has 29 heavy (non-hydrogen) atoms. The fourth-order valence-corrected chi connectivity index (χ4v) is 3.97. The van der Waals surface area contributed by atoms with Crippen molar-refractivity contribution in [2.75, 3.05) is 36.3 Å². The summed E-state index contributed by atoms with van der Waals surface area (Å²) in [4.78, 5) is 17.4. The van der Waals surface area contributed by atoms with Crippen molar-refractivity contribution in [3.8, 4) is 5.75 Å². The van der Waals surface area contributed by atoms with E-state index >= 15 is 0 Å². The molecule has 5 nitrogen and oxygen atoms in total. The van der Waals surface area contributed by atoms with E-state index in [-0.39, 0.29) is 12.1 Å². The number of amides is 1. The van der Waals surface area contributed by atoms with E-state index in [1.807, 2.05) is 61.5 Å². The number of ether oxygens (including phenoxy) is 1. The quantitative estimate of drug-likeness (QED) is 0.506. The van der Waals surface area contributed by atoms with Crippen LogP contribution in [0.3, 0.4) is 0 Å². The highest BCUT2D eigenvalue weighted by molar-refractivity contribution is 14.1. The second-order valence-corrected chi connectivity index (χ2v) is 8.34. The molecule has 0 bridgehead atoms.